The van der Waals surface area contributed by atoms with Crippen molar-refractivity contribution in [3.63, 3.8) is 0 Å². The van der Waals surface area contributed by atoms with Crippen LogP contribution in [0.4, 0.5) is 0 Å². The Morgan fingerprint density at radius 1 is 1.14 bits per heavy atom. The van der Waals surface area contributed by atoms with E-state index < -0.39 is 15.4 Å². The van der Waals surface area contributed by atoms with Crippen LogP contribution in [0.2, 0.25) is 0 Å². The number of pyridine rings is 1. The minimum absolute atomic E-state index is 0.0136. The van der Waals surface area contributed by atoms with Crippen molar-refractivity contribution in [2.24, 2.45) is 0 Å². The van der Waals surface area contributed by atoms with Gasteiger partial charge < -0.3 is 10.1 Å². The molecule has 6 rings (SSSR count). The topological polar surface area (TPSA) is 116 Å². The second kappa shape index (κ2) is 11.4. The lowest BCUT2D eigenvalue weighted by Gasteiger charge is -2.21. The number of carbonyl (C=O) groups excluding carboxylic acids is 1. The van der Waals surface area contributed by atoms with Crippen LogP contribution in [0.25, 0.3) is 22.2 Å². The Morgan fingerprint density at radius 3 is 2.71 bits per heavy atom. The largest absolute Gasteiger partial charge is 0.370 e. The lowest BCUT2D eigenvalue weighted by Crippen LogP contribution is -2.35. The van der Waals surface area contributed by atoms with Gasteiger partial charge in [-0.2, -0.15) is 5.10 Å². The van der Waals surface area contributed by atoms with Gasteiger partial charge in [0.05, 0.1) is 59.7 Å². The second-order valence-electron chi connectivity index (χ2n) is 10.9. The van der Waals surface area contributed by atoms with E-state index in [1.54, 1.807) is 27.7 Å². The minimum atomic E-state index is -3.10. The number of rotatable bonds is 11. The minimum Gasteiger partial charge on any atom is -0.370 e. The fraction of sp³-hybridized carbons (Fsp3) is 0.290. The first-order valence-electron chi connectivity index (χ1n) is 13.7. The van der Waals surface area contributed by atoms with Crippen LogP contribution in [-0.4, -0.2) is 46.1 Å². The Bertz CT molecular complexity index is 1860. The molecule has 0 unspecified atom stereocenters. The van der Waals surface area contributed by atoms with Crippen molar-refractivity contribution in [1.29, 1.82) is 0 Å². The molecule has 3 aromatic heterocycles. The maximum Gasteiger partial charge on any atom is 0.252 e. The van der Waals surface area contributed by atoms with E-state index in [0.717, 1.165) is 57.4 Å². The summed E-state index contributed by atoms with van der Waals surface area (Å²) in [4.78, 5) is 22.7. The van der Waals surface area contributed by atoms with Gasteiger partial charge in [0, 0.05) is 34.3 Å². The van der Waals surface area contributed by atoms with E-state index in [2.05, 4.69) is 15.4 Å². The molecule has 5 aromatic rings. The molecule has 1 aliphatic rings. The van der Waals surface area contributed by atoms with Gasteiger partial charge in [0.2, 0.25) is 0 Å². The lowest BCUT2D eigenvalue weighted by atomic mass is 9.96. The molecule has 1 aliphatic carbocycles. The number of carbonyl (C=O) groups is 1. The van der Waals surface area contributed by atoms with Crippen molar-refractivity contribution >= 4 is 38.0 Å². The van der Waals surface area contributed by atoms with Gasteiger partial charge in [0.15, 0.2) is 0 Å². The van der Waals surface area contributed by atoms with Crippen molar-refractivity contribution in [1.82, 2.24) is 25.1 Å². The van der Waals surface area contributed by atoms with Gasteiger partial charge in [-0.1, -0.05) is 30.3 Å². The first kappa shape index (κ1) is 28.2. The van der Waals surface area contributed by atoms with E-state index in [1.807, 2.05) is 67.0 Å². The summed E-state index contributed by atoms with van der Waals surface area (Å²) in [5, 5.41) is 10.7. The van der Waals surface area contributed by atoms with E-state index in [-0.39, 0.29) is 18.2 Å². The Morgan fingerprint density at radius 2 is 1.98 bits per heavy atom. The molecule has 11 heteroatoms. The van der Waals surface area contributed by atoms with Gasteiger partial charge in [0.1, 0.15) is 9.84 Å². The maximum absolute atomic E-state index is 13.6. The van der Waals surface area contributed by atoms with Crippen LogP contribution < -0.4 is 5.32 Å². The number of nitrogens with one attached hydrogen (secondary N) is 1. The standard InChI is InChI=1S/C31H31N5O4S2/c1-21-13-22(17-40-18-24-19-41-20-32-24)7-8-25(21)30(37)35-31(9-10-31)27-14-29(34-28-6-4-3-5-26(27)28)23-15-33-36(16-23)11-12-42(2,38)39/h3-8,13-16,19-20H,9-12,17-18H2,1-2H3,(H,35,37). The van der Waals surface area contributed by atoms with Gasteiger partial charge in [-0.3, -0.25) is 9.48 Å². The molecule has 42 heavy (non-hydrogen) atoms. The summed E-state index contributed by atoms with van der Waals surface area (Å²) in [6.07, 6.45) is 6.37. The lowest BCUT2D eigenvalue weighted by molar-refractivity contribution is 0.0929. The van der Waals surface area contributed by atoms with E-state index in [9.17, 15) is 13.2 Å². The molecular weight excluding hydrogens is 571 g/mol. The Hall–Kier alpha value is -3.93. The van der Waals surface area contributed by atoms with E-state index in [1.165, 1.54) is 6.26 Å². The van der Waals surface area contributed by atoms with E-state index in [4.69, 9.17) is 9.72 Å². The molecule has 0 spiro atoms. The zero-order valence-electron chi connectivity index (χ0n) is 23.4. The molecular formula is C31H31N5O4S2. The highest BCUT2D eigenvalue weighted by Gasteiger charge is 2.47. The summed E-state index contributed by atoms with van der Waals surface area (Å²) in [5.74, 6) is -0.101. The number of nitrogens with zero attached hydrogens (tertiary/aromatic N) is 4. The van der Waals surface area contributed by atoms with Crippen molar-refractivity contribution in [3.05, 3.63) is 99.8 Å². The molecule has 1 N–H and O–H groups in total. The molecule has 0 bridgehead atoms. The highest BCUT2D eigenvalue weighted by Crippen LogP contribution is 2.48. The van der Waals surface area contributed by atoms with Gasteiger partial charge in [-0.05, 0) is 54.7 Å². The SMILES string of the molecule is Cc1cc(COCc2cscn2)ccc1C(=O)NC1(c2cc(-c3cnn(CCS(C)(=O)=O)c3)nc3ccccc23)CC1. The molecule has 1 saturated carbocycles. The number of aryl methyl sites for hydroxylation is 2. The molecule has 0 aliphatic heterocycles. The molecule has 2 aromatic carbocycles. The van der Waals surface area contributed by atoms with Crippen molar-refractivity contribution in [2.75, 3.05) is 12.0 Å². The summed E-state index contributed by atoms with van der Waals surface area (Å²) in [5.41, 5.74) is 8.10. The van der Waals surface area contributed by atoms with Gasteiger partial charge >= 0.3 is 0 Å². The average Bonchev–Trinajstić information content (AvgIpc) is 3.33. The molecule has 1 fully saturated rings. The number of aromatic nitrogens is 4. The van der Waals surface area contributed by atoms with Gasteiger partial charge in [0.25, 0.3) is 5.91 Å². The third-order valence-electron chi connectivity index (χ3n) is 7.49. The third-order valence-corrected chi connectivity index (χ3v) is 9.05. The molecule has 0 saturated heterocycles. The Labute approximate surface area is 248 Å². The fourth-order valence-corrected chi connectivity index (χ4v) is 6.18. The highest BCUT2D eigenvalue weighted by atomic mass is 32.2. The molecule has 3 heterocycles. The maximum atomic E-state index is 13.6. The smallest absolute Gasteiger partial charge is 0.252 e. The van der Waals surface area contributed by atoms with E-state index in [0.29, 0.717) is 18.8 Å². The van der Waals surface area contributed by atoms with Gasteiger partial charge in [-0.25, -0.2) is 18.4 Å². The first-order valence-corrected chi connectivity index (χ1v) is 16.7. The fourth-order valence-electron chi connectivity index (χ4n) is 5.12. The van der Waals surface area contributed by atoms with E-state index >= 15 is 0 Å². The highest BCUT2D eigenvalue weighted by molar-refractivity contribution is 7.90. The first-order chi connectivity index (χ1) is 20.2. The van der Waals surface area contributed by atoms with Crippen molar-refractivity contribution < 1.29 is 17.9 Å². The molecule has 216 valence electrons. The van der Waals surface area contributed by atoms with Crippen molar-refractivity contribution in [2.45, 2.75) is 45.1 Å². The second-order valence-corrected chi connectivity index (χ2v) is 13.8. The number of hydrogen-bond acceptors (Lipinski definition) is 8. The zero-order chi connectivity index (χ0) is 29.3. The van der Waals surface area contributed by atoms with Crippen LogP contribution in [-0.2, 0) is 39.9 Å². The Kier molecular flexibility index (Phi) is 7.65. The van der Waals surface area contributed by atoms with Crippen LogP contribution in [0.15, 0.2) is 71.8 Å². The predicted octanol–water partition coefficient (Wildman–Crippen LogP) is 5.04. The summed E-state index contributed by atoms with van der Waals surface area (Å²) in [7, 11) is -3.10. The van der Waals surface area contributed by atoms with Crippen LogP contribution in [0.5, 0.6) is 0 Å². The number of hydrogen-bond donors (Lipinski definition) is 1. The summed E-state index contributed by atoms with van der Waals surface area (Å²) >= 11 is 1.54. The number of fused-ring (bicyclic) bond motifs is 1. The number of para-hydroxylation sites is 1. The quantitative estimate of drug-likeness (QED) is 0.225. The predicted molar refractivity (Wildman–Crippen MR) is 163 cm³/mol. The number of ether oxygens (including phenoxy) is 1. The van der Waals surface area contributed by atoms with Crippen molar-refractivity contribution in [3.8, 4) is 11.3 Å². The number of benzene rings is 2. The van der Waals surface area contributed by atoms with Crippen LogP contribution in [0.3, 0.4) is 0 Å². The summed E-state index contributed by atoms with van der Waals surface area (Å²) in [6.45, 7) is 3.12. The molecule has 0 radical (unpaired) electrons. The number of sulfone groups is 1. The number of amides is 1. The van der Waals surface area contributed by atoms with Crippen LogP contribution >= 0.6 is 11.3 Å². The van der Waals surface area contributed by atoms with Crippen LogP contribution in [0, 0.1) is 6.92 Å². The normalized spacial score (nSPS) is 14.2. The average molecular weight is 602 g/mol. The molecule has 1 amide bonds. The van der Waals surface area contributed by atoms with Crippen LogP contribution in [0.1, 0.15) is 45.6 Å². The van der Waals surface area contributed by atoms with Gasteiger partial charge in [-0.15, -0.1) is 11.3 Å². The summed E-state index contributed by atoms with van der Waals surface area (Å²) in [6, 6.07) is 15.8. The molecule has 0 atom stereocenters. The number of thiazole rings is 1. The monoisotopic (exact) mass is 601 g/mol. The Balaban J connectivity index is 1.22. The molecule has 9 nitrogen and oxygen atoms in total. The third kappa shape index (κ3) is 6.28. The zero-order valence-corrected chi connectivity index (χ0v) is 25.0. The summed E-state index contributed by atoms with van der Waals surface area (Å²) < 4.78 is 30.6.